The van der Waals surface area contributed by atoms with Crippen LogP contribution in [0.2, 0.25) is 10.0 Å². The second kappa shape index (κ2) is 9.82. The fraction of sp³-hybridized carbons (Fsp3) is 0.172. The summed E-state index contributed by atoms with van der Waals surface area (Å²) in [7, 11) is 0. The number of hydrogen-bond donors (Lipinski definition) is 1. The van der Waals surface area contributed by atoms with Gasteiger partial charge in [-0.2, -0.15) is 0 Å². The van der Waals surface area contributed by atoms with E-state index in [-0.39, 0.29) is 30.3 Å². The maximum Gasteiger partial charge on any atom is 0.322 e. The number of rotatable bonds is 5. The molecule has 0 spiro atoms. The summed E-state index contributed by atoms with van der Waals surface area (Å²) in [5.41, 5.74) is 3.72. The second-order valence-corrected chi connectivity index (χ2v) is 10.2. The Labute approximate surface area is 229 Å². The largest absolute Gasteiger partial charge is 0.322 e. The minimum atomic E-state index is -0.493. The molecule has 0 bridgehead atoms. The fourth-order valence-corrected chi connectivity index (χ4v) is 5.26. The first kappa shape index (κ1) is 24.5. The van der Waals surface area contributed by atoms with Crippen molar-refractivity contribution in [3.63, 3.8) is 0 Å². The molecule has 1 unspecified atom stereocenters. The van der Waals surface area contributed by atoms with Gasteiger partial charge in [-0.3, -0.25) is 9.69 Å². The van der Waals surface area contributed by atoms with Gasteiger partial charge in [0.05, 0.1) is 27.1 Å². The average Bonchev–Trinajstić information content (AvgIpc) is 3.64. The van der Waals surface area contributed by atoms with Gasteiger partial charge < -0.3 is 14.8 Å². The Balaban J connectivity index is 1.35. The molecule has 1 fully saturated rings. The van der Waals surface area contributed by atoms with Crippen molar-refractivity contribution >= 4 is 46.5 Å². The van der Waals surface area contributed by atoms with Crippen molar-refractivity contribution in [2.45, 2.75) is 24.9 Å². The van der Waals surface area contributed by atoms with E-state index in [0.29, 0.717) is 15.7 Å². The van der Waals surface area contributed by atoms with Crippen molar-refractivity contribution in [2.75, 3.05) is 16.8 Å². The Hall–Kier alpha value is -3.81. The van der Waals surface area contributed by atoms with Crippen molar-refractivity contribution in [1.29, 1.82) is 0 Å². The van der Waals surface area contributed by atoms with Crippen molar-refractivity contribution < 1.29 is 14.0 Å². The van der Waals surface area contributed by atoms with Crippen molar-refractivity contribution in [3.05, 3.63) is 112 Å². The van der Waals surface area contributed by atoms with E-state index in [4.69, 9.17) is 23.2 Å². The molecule has 6 rings (SSSR count). The number of para-hydroxylation sites is 2. The Morgan fingerprint density at radius 2 is 1.66 bits per heavy atom. The SMILES string of the molecule is O=C(Nc1ccc(Cl)c(Cl)c1)N(CC(=O)N1c2ccccc2-n2cccc2C1c1ccc(F)cc1)C1CC1. The number of benzene rings is 3. The summed E-state index contributed by atoms with van der Waals surface area (Å²) in [5.74, 6) is -0.590. The summed E-state index contributed by atoms with van der Waals surface area (Å²) in [5, 5.41) is 3.56. The molecule has 3 aromatic carbocycles. The summed E-state index contributed by atoms with van der Waals surface area (Å²) in [6, 6.07) is 21.7. The molecule has 1 aliphatic carbocycles. The summed E-state index contributed by atoms with van der Waals surface area (Å²) in [4.78, 5) is 30.7. The van der Waals surface area contributed by atoms with Gasteiger partial charge in [-0.1, -0.05) is 47.5 Å². The zero-order valence-corrected chi connectivity index (χ0v) is 21.7. The number of amides is 3. The van der Waals surface area contributed by atoms with Crippen LogP contribution in [0.25, 0.3) is 5.69 Å². The normalized spacial score (nSPS) is 16.0. The smallest absolute Gasteiger partial charge is 0.316 e. The minimum absolute atomic E-state index is 0.0325. The molecule has 1 saturated carbocycles. The second-order valence-electron chi connectivity index (χ2n) is 9.43. The lowest BCUT2D eigenvalue weighted by Gasteiger charge is -2.39. The highest BCUT2D eigenvalue weighted by molar-refractivity contribution is 6.42. The van der Waals surface area contributed by atoms with E-state index in [1.165, 1.54) is 12.1 Å². The molecule has 1 aromatic heterocycles. The van der Waals surface area contributed by atoms with Crippen LogP contribution in [0.15, 0.2) is 85.1 Å². The maximum absolute atomic E-state index is 14.1. The molecule has 38 heavy (non-hydrogen) atoms. The van der Waals surface area contributed by atoms with Crippen LogP contribution in [0, 0.1) is 5.82 Å². The minimum Gasteiger partial charge on any atom is -0.316 e. The van der Waals surface area contributed by atoms with E-state index in [0.717, 1.165) is 35.5 Å². The number of nitrogens with one attached hydrogen (secondary N) is 1. The predicted octanol–water partition coefficient (Wildman–Crippen LogP) is 7.06. The third-order valence-corrected chi connectivity index (χ3v) is 7.64. The lowest BCUT2D eigenvalue weighted by atomic mass is 9.97. The van der Waals surface area contributed by atoms with Crippen LogP contribution in [-0.2, 0) is 4.79 Å². The molecule has 9 heteroatoms. The van der Waals surface area contributed by atoms with Crippen LogP contribution in [0.4, 0.5) is 20.6 Å². The zero-order chi connectivity index (χ0) is 26.4. The van der Waals surface area contributed by atoms with Gasteiger partial charge >= 0.3 is 6.03 Å². The molecule has 1 N–H and O–H groups in total. The van der Waals surface area contributed by atoms with Gasteiger partial charge in [-0.15, -0.1) is 0 Å². The first-order valence-corrected chi connectivity index (χ1v) is 13.0. The number of carbonyl (C=O) groups is 2. The van der Waals surface area contributed by atoms with Gasteiger partial charge in [0.15, 0.2) is 0 Å². The number of hydrogen-bond acceptors (Lipinski definition) is 2. The molecule has 3 amide bonds. The quantitative estimate of drug-likeness (QED) is 0.290. The molecule has 1 aliphatic heterocycles. The Bertz CT molecular complexity index is 1530. The van der Waals surface area contributed by atoms with Crippen molar-refractivity contribution in [1.82, 2.24) is 9.47 Å². The summed E-state index contributed by atoms with van der Waals surface area (Å²) >= 11 is 12.1. The number of halogens is 3. The lowest BCUT2D eigenvalue weighted by Crippen LogP contribution is -2.48. The molecular formula is C29H23Cl2FN4O2. The number of anilines is 2. The van der Waals surface area contributed by atoms with Gasteiger partial charge in [0.25, 0.3) is 0 Å². The van der Waals surface area contributed by atoms with Crippen LogP contribution in [0.3, 0.4) is 0 Å². The molecular weight excluding hydrogens is 526 g/mol. The van der Waals surface area contributed by atoms with E-state index in [2.05, 4.69) is 5.32 Å². The molecule has 4 aromatic rings. The topological polar surface area (TPSA) is 57.6 Å². The van der Waals surface area contributed by atoms with Crippen LogP contribution in [0.5, 0.6) is 0 Å². The third kappa shape index (κ3) is 4.52. The Kier molecular flexibility index (Phi) is 6.33. The average molecular weight is 549 g/mol. The number of urea groups is 1. The monoisotopic (exact) mass is 548 g/mol. The number of nitrogens with zero attached hydrogens (tertiary/aromatic N) is 3. The van der Waals surface area contributed by atoms with Crippen molar-refractivity contribution in [2.24, 2.45) is 0 Å². The van der Waals surface area contributed by atoms with E-state index in [1.807, 2.05) is 47.2 Å². The summed E-state index contributed by atoms with van der Waals surface area (Å²) < 4.78 is 15.9. The maximum atomic E-state index is 14.1. The first-order valence-electron chi connectivity index (χ1n) is 12.3. The Morgan fingerprint density at radius 3 is 2.37 bits per heavy atom. The molecule has 192 valence electrons. The first-order chi connectivity index (χ1) is 18.4. The predicted molar refractivity (Wildman–Crippen MR) is 147 cm³/mol. The van der Waals surface area contributed by atoms with Gasteiger partial charge in [-0.05, 0) is 73.0 Å². The van der Waals surface area contributed by atoms with Crippen molar-refractivity contribution in [3.8, 4) is 5.69 Å². The Morgan fingerprint density at radius 1 is 0.921 bits per heavy atom. The van der Waals surface area contributed by atoms with Crippen LogP contribution < -0.4 is 10.2 Å². The van der Waals surface area contributed by atoms with Gasteiger partial charge in [0.1, 0.15) is 18.4 Å². The molecule has 0 saturated heterocycles. The highest BCUT2D eigenvalue weighted by Crippen LogP contribution is 2.42. The molecule has 1 atom stereocenters. The summed E-state index contributed by atoms with van der Waals surface area (Å²) in [6.45, 7) is -0.120. The summed E-state index contributed by atoms with van der Waals surface area (Å²) in [6.07, 6.45) is 3.60. The number of aromatic nitrogens is 1. The third-order valence-electron chi connectivity index (χ3n) is 6.90. The molecule has 0 radical (unpaired) electrons. The van der Waals surface area contributed by atoms with E-state index in [9.17, 15) is 14.0 Å². The van der Waals surface area contributed by atoms with E-state index >= 15 is 0 Å². The standard InChI is InChI=1S/C29H23Cl2FN4O2/c30-22-14-11-20(16-23(22)31)33-29(38)35(21-12-13-21)17-27(37)36-25-5-2-1-4-24(25)34-15-3-6-26(34)28(36)18-7-9-19(32)10-8-18/h1-11,14-16,21,28H,12-13,17H2,(H,33,38). The lowest BCUT2D eigenvalue weighted by molar-refractivity contribution is -0.119. The molecule has 2 heterocycles. The number of fused-ring (bicyclic) bond motifs is 3. The van der Waals surface area contributed by atoms with Crippen LogP contribution >= 0.6 is 23.2 Å². The van der Waals surface area contributed by atoms with Crippen LogP contribution in [-0.4, -0.2) is 34.0 Å². The van der Waals surface area contributed by atoms with Gasteiger partial charge in [0.2, 0.25) is 5.91 Å². The fourth-order valence-electron chi connectivity index (χ4n) is 4.97. The van der Waals surface area contributed by atoms with Gasteiger partial charge in [0, 0.05) is 17.9 Å². The molecule has 2 aliphatic rings. The highest BCUT2D eigenvalue weighted by Gasteiger charge is 2.40. The van der Waals surface area contributed by atoms with Crippen LogP contribution in [0.1, 0.15) is 30.1 Å². The van der Waals surface area contributed by atoms with E-state index < -0.39 is 6.04 Å². The highest BCUT2D eigenvalue weighted by atomic mass is 35.5. The zero-order valence-electron chi connectivity index (χ0n) is 20.2. The van der Waals surface area contributed by atoms with Gasteiger partial charge in [-0.25, -0.2) is 9.18 Å². The number of carbonyl (C=O) groups excluding carboxylic acids is 2. The van der Waals surface area contributed by atoms with E-state index in [1.54, 1.807) is 40.1 Å². The molecule has 6 nitrogen and oxygen atoms in total.